The minimum atomic E-state index is -4.43. The molecule has 2 aromatic rings. The highest BCUT2D eigenvalue weighted by Gasteiger charge is 2.30. The first-order valence-corrected chi connectivity index (χ1v) is 7.69. The molecule has 0 fully saturated rings. The lowest BCUT2D eigenvalue weighted by Gasteiger charge is -2.12. The Morgan fingerprint density at radius 3 is 2.50 bits per heavy atom. The normalized spacial score (nSPS) is 12.7. The van der Waals surface area contributed by atoms with Gasteiger partial charge >= 0.3 is 6.18 Å². The quantitative estimate of drug-likeness (QED) is 0.843. The van der Waals surface area contributed by atoms with Crippen molar-refractivity contribution in [2.24, 2.45) is 0 Å². The van der Waals surface area contributed by atoms with Crippen LogP contribution >= 0.6 is 11.6 Å². The van der Waals surface area contributed by atoms with Gasteiger partial charge in [0.15, 0.2) is 6.54 Å². The van der Waals surface area contributed by atoms with E-state index in [0.717, 1.165) is 17.7 Å². The molecule has 0 bridgehead atoms. The Labute approximate surface area is 142 Å². The minimum Gasteiger partial charge on any atom is -0.333 e. The molecule has 0 saturated carbocycles. The zero-order chi connectivity index (χ0) is 17.7. The predicted octanol–water partition coefficient (Wildman–Crippen LogP) is 3.62. The second-order valence-corrected chi connectivity index (χ2v) is 5.84. The van der Waals surface area contributed by atoms with Gasteiger partial charge in [-0.05, 0) is 37.3 Å². The fourth-order valence-electron chi connectivity index (χ4n) is 2.17. The summed E-state index contributed by atoms with van der Waals surface area (Å²) < 4.78 is 37.9. The van der Waals surface area contributed by atoms with Gasteiger partial charge in [-0.25, -0.2) is 0 Å². The number of alkyl halides is 3. The van der Waals surface area contributed by atoms with Crippen LogP contribution in [0.3, 0.4) is 0 Å². The third-order valence-electron chi connectivity index (χ3n) is 3.53. The van der Waals surface area contributed by atoms with Crippen LogP contribution in [0.25, 0.3) is 0 Å². The van der Waals surface area contributed by atoms with Gasteiger partial charge in [-0.2, -0.15) is 13.2 Å². The molecule has 1 amide bonds. The van der Waals surface area contributed by atoms with Crippen molar-refractivity contribution in [3.05, 3.63) is 64.7 Å². The van der Waals surface area contributed by atoms with Gasteiger partial charge in [-0.15, -0.1) is 0 Å². The van der Waals surface area contributed by atoms with Crippen molar-refractivity contribution in [2.75, 3.05) is 11.9 Å². The molecule has 0 saturated heterocycles. The van der Waals surface area contributed by atoms with Crippen molar-refractivity contribution in [3.63, 3.8) is 0 Å². The van der Waals surface area contributed by atoms with Crippen molar-refractivity contribution in [3.8, 4) is 0 Å². The Balaban J connectivity index is 1.90. The number of anilines is 1. The lowest BCUT2D eigenvalue weighted by molar-refractivity contribution is -0.682. The maximum absolute atomic E-state index is 12.6. The molecular weight excluding hydrogens is 341 g/mol. The first-order chi connectivity index (χ1) is 11.3. The summed E-state index contributed by atoms with van der Waals surface area (Å²) in [4.78, 5) is 11.9. The fraction of sp³-hybridized carbons (Fsp3) is 0.235. The number of benzene rings is 2. The molecule has 0 radical (unpaired) electrons. The van der Waals surface area contributed by atoms with E-state index in [1.165, 1.54) is 12.1 Å². The predicted molar refractivity (Wildman–Crippen MR) is 86.7 cm³/mol. The van der Waals surface area contributed by atoms with Gasteiger partial charge in [-0.3, -0.25) is 4.79 Å². The number of quaternary nitrogens is 1. The summed E-state index contributed by atoms with van der Waals surface area (Å²) in [5.74, 6) is -0.366. The molecule has 24 heavy (non-hydrogen) atoms. The average molecular weight is 358 g/mol. The molecule has 2 rings (SSSR count). The summed E-state index contributed by atoms with van der Waals surface area (Å²) >= 11 is 5.82. The number of rotatable bonds is 5. The van der Waals surface area contributed by atoms with E-state index in [1.54, 1.807) is 17.4 Å². The van der Waals surface area contributed by atoms with Crippen LogP contribution in [-0.2, 0) is 11.0 Å². The van der Waals surface area contributed by atoms with Crippen LogP contribution in [0.4, 0.5) is 18.9 Å². The molecule has 128 valence electrons. The van der Waals surface area contributed by atoms with E-state index in [9.17, 15) is 18.0 Å². The van der Waals surface area contributed by atoms with E-state index in [0.29, 0.717) is 5.02 Å². The maximum atomic E-state index is 12.6. The molecular formula is C17H17ClF3N2O+. The highest BCUT2D eigenvalue weighted by atomic mass is 35.5. The number of carbonyl (C=O) groups is 1. The standard InChI is InChI=1S/C17H16ClF3N2O/c1-11(12-5-7-14(18)8-6-12)22-10-16(24)23-15-4-2-3-13(9-15)17(19,20)21/h2-9,11,22H,10H2,1H3,(H,23,24)/p+1/t11-/m0/s1. The lowest BCUT2D eigenvalue weighted by atomic mass is 10.1. The number of carbonyl (C=O) groups excluding carboxylic acids is 1. The first-order valence-electron chi connectivity index (χ1n) is 7.31. The highest BCUT2D eigenvalue weighted by molar-refractivity contribution is 6.30. The Morgan fingerprint density at radius 2 is 1.88 bits per heavy atom. The van der Waals surface area contributed by atoms with Crippen LogP contribution in [0, 0.1) is 0 Å². The van der Waals surface area contributed by atoms with Crippen LogP contribution in [-0.4, -0.2) is 12.5 Å². The molecule has 3 N–H and O–H groups in total. The molecule has 0 aliphatic heterocycles. The minimum absolute atomic E-state index is 0.0227. The number of amides is 1. The summed E-state index contributed by atoms with van der Waals surface area (Å²) in [5.41, 5.74) is 0.340. The first kappa shape index (κ1) is 18.3. The Bertz CT molecular complexity index is 702. The molecule has 1 atom stereocenters. The van der Waals surface area contributed by atoms with Crippen molar-refractivity contribution >= 4 is 23.2 Å². The number of nitrogens with one attached hydrogen (secondary N) is 1. The van der Waals surface area contributed by atoms with Gasteiger partial charge in [0.1, 0.15) is 6.04 Å². The molecule has 0 aromatic heterocycles. The van der Waals surface area contributed by atoms with E-state index < -0.39 is 11.7 Å². The van der Waals surface area contributed by atoms with E-state index in [2.05, 4.69) is 5.32 Å². The Kier molecular flexibility index (Phi) is 5.85. The lowest BCUT2D eigenvalue weighted by Crippen LogP contribution is -2.86. The van der Waals surface area contributed by atoms with Crippen molar-refractivity contribution in [2.45, 2.75) is 19.1 Å². The van der Waals surface area contributed by atoms with Crippen molar-refractivity contribution in [1.29, 1.82) is 0 Å². The maximum Gasteiger partial charge on any atom is 0.416 e. The number of hydrogen-bond donors (Lipinski definition) is 2. The van der Waals surface area contributed by atoms with Gasteiger partial charge in [0, 0.05) is 16.3 Å². The second-order valence-electron chi connectivity index (χ2n) is 5.41. The average Bonchev–Trinajstić information content (AvgIpc) is 2.53. The highest BCUT2D eigenvalue weighted by Crippen LogP contribution is 2.30. The van der Waals surface area contributed by atoms with Crippen LogP contribution in [0.2, 0.25) is 5.02 Å². The van der Waals surface area contributed by atoms with Gasteiger partial charge in [0.2, 0.25) is 0 Å². The monoisotopic (exact) mass is 357 g/mol. The Hall–Kier alpha value is -2.05. The van der Waals surface area contributed by atoms with Crippen molar-refractivity contribution < 1.29 is 23.3 Å². The summed E-state index contributed by atoms with van der Waals surface area (Å²) in [6, 6.07) is 11.9. The molecule has 0 unspecified atom stereocenters. The zero-order valence-corrected chi connectivity index (χ0v) is 13.7. The summed E-state index contributed by atoms with van der Waals surface area (Å²) in [6.07, 6.45) is -4.43. The van der Waals surface area contributed by atoms with Gasteiger partial charge in [0.25, 0.3) is 5.91 Å². The van der Waals surface area contributed by atoms with Crippen LogP contribution in [0.15, 0.2) is 48.5 Å². The van der Waals surface area contributed by atoms with E-state index >= 15 is 0 Å². The molecule has 7 heteroatoms. The summed E-state index contributed by atoms with van der Waals surface area (Å²) in [5, 5.41) is 4.91. The summed E-state index contributed by atoms with van der Waals surface area (Å²) in [6.45, 7) is 2.03. The smallest absolute Gasteiger partial charge is 0.333 e. The Morgan fingerprint density at radius 1 is 1.21 bits per heavy atom. The summed E-state index contributed by atoms with van der Waals surface area (Å²) in [7, 11) is 0. The van der Waals surface area contributed by atoms with Gasteiger partial charge < -0.3 is 10.6 Å². The number of nitrogens with two attached hydrogens (primary N) is 1. The van der Waals surface area contributed by atoms with E-state index in [1.807, 2.05) is 19.1 Å². The second kappa shape index (κ2) is 7.68. The largest absolute Gasteiger partial charge is 0.416 e. The van der Waals surface area contributed by atoms with E-state index in [4.69, 9.17) is 11.6 Å². The number of halogens is 4. The van der Waals surface area contributed by atoms with Gasteiger partial charge in [-0.1, -0.05) is 29.8 Å². The third-order valence-corrected chi connectivity index (χ3v) is 3.78. The van der Waals surface area contributed by atoms with Crippen LogP contribution < -0.4 is 10.6 Å². The topological polar surface area (TPSA) is 45.7 Å². The third kappa shape index (κ3) is 5.25. The fourth-order valence-corrected chi connectivity index (χ4v) is 2.30. The van der Waals surface area contributed by atoms with Crippen LogP contribution in [0.1, 0.15) is 24.1 Å². The molecule has 3 nitrogen and oxygen atoms in total. The molecule has 2 aromatic carbocycles. The SMILES string of the molecule is C[C@H]([NH2+]CC(=O)Nc1cccc(C(F)(F)F)c1)c1ccc(Cl)cc1. The van der Waals surface area contributed by atoms with Crippen LogP contribution in [0.5, 0.6) is 0 Å². The molecule has 0 aliphatic rings. The van der Waals surface area contributed by atoms with Gasteiger partial charge in [0.05, 0.1) is 5.56 Å². The number of hydrogen-bond acceptors (Lipinski definition) is 1. The molecule has 0 heterocycles. The molecule has 0 aliphatic carbocycles. The van der Waals surface area contributed by atoms with Crippen molar-refractivity contribution in [1.82, 2.24) is 0 Å². The molecule has 0 spiro atoms. The van der Waals surface area contributed by atoms with E-state index in [-0.39, 0.29) is 24.2 Å². The zero-order valence-electron chi connectivity index (χ0n) is 12.9.